The molecular formula is C12H20F3NO3. The molecule has 1 saturated heterocycles. The molecule has 0 amide bonds. The maximum absolute atomic E-state index is 13.0. The van der Waals surface area contributed by atoms with Crippen LogP contribution in [0.4, 0.5) is 13.2 Å². The Morgan fingerprint density at radius 3 is 2.53 bits per heavy atom. The van der Waals surface area contributed by atoms with E-state index in [1.54, 1.807) is 0 Å². The van der Waals surface area contributed by atoms with Crippen molar-refractivity contribution in [3.8, 4) is 0 Å². The van der Waals surface area contributed by atoms with E-state index in [1.165, 1.54) is 0 Å². The molecule has 0 aromatic heterocycles. The third kappa shape index (κ3) is 4.07. The van der Waals surface area contributed by atoms with Crippen molar-refractivity contribution in [2.75, 3.05) is 32.9 Å². The number of nitrogens with one attached hydrogen (secondary N) is 1. The van der Waals surface area contributed by atoms with Crippen LogP contribution in [0.15, 0.2) is 0 Å². The highest BCUT2D eigenvalue weighted by Gasteiger charge is 2.62. The summed E-state index contributed by atoms with van der Waals surface area (Å²) < 4.78 is 48.8. The van der Waals surface area contributed by atoms with Gasteiger partial charge in [0.25, 0.3) is 0 Å². The van der Waals surface area contributed by atoms with Crippen molar-refractivity contribution in [3.05, 3.63) is 0 Å². The van der Waals surface area contributed by atoms with Crippen molar-refractivity contribution in [2.45, 2.75) is 26.4 Å². The van der Waals surface area contributed by atoms with Crippen LogP contribution >= 0.6 is 0 Å². The van der Waals surface area contributed by atoms with Crippen LogP contribution < -0.4 is 5.32 Å². The van der Waals surface area contributed by atoms with E-state index in [1.807, 2.05) is 13.8 Å². The van der Waals surface area contributed by atoms with E-state index in [9.17, 15) is 18.0 Å². The SMILES string of the molecule is CC(C)COCCOC(=O)C1(C(F)(F)F)CCNC1. The van der Waals surface area contributed by atoms with E-state index in [0.29, 0.717) is 12.5 Å². The predicted octanol–water partition coefficient (Wildman–Crippen LogP) is 1.74. The minimum atomic E-state index is -4.59. The fourth-order valence-electron chi connectivity index (χ4n) is 1.87. The van der Waals surface area contributed by atoms with Gasteiger partial charge in [-0.2, -0.15) is 13.2 Å². The fraction of sp³-hybridized carbons (Fsp3) is 0.917. The number of hydrogen-bond acceptors (Lipinski definition) is 4. The van der Waals surface area contributed by atoms with Crippen molar-refractivity contribution in [1.29, 1.82) is 0 Å². The van der Waals surface area contributed by atoms with Gasteiger partial charge in [-0.15, -0.1) is 0 Å². The minimum absolute atomic E-state index is 0.116. The molecule has 0 aromatic rings. The highest BCUT2D eigenvalue weighted by Crippen LogP contribution is 2.43. The average molecular weight is 283 g/mol. The maximum atomic E-state index is 13.0. The van der Waals surface area contributed by atoms with E-state index < -0.39 is 24.1 Å². The molecule has 1 N–H and O–H groups in total. The molecule has 112 valence electrons. The molecule has 0 bridgehead atoms. The molecule has 0 spiro atoms. The van der Waals surface area contributed by atoms with E-state index in [4.69, 9.17) is 9.47 Å². The molecule has 1 aliphatic heterocycles. The molecule has 1 aliphatic rings. The van der Waals surface area contributed by atoms with Crippen LogP contribution in [0.1, 0.15) is 20.3 Å². The molecule has 1 atom stereocenters. The minimum Gasteiger partial charge on any atom is -0.463 e. The average Bonchev–Trinajstić information content (AvgIpc) is 2.77. The summed E-state index contributed by atoms with van der Waals surface area (Å²) in [4.78, 5) is 11.7. The molecule has 0 saturated carbocycles. The number of esters is 1. The number of carbonyl (C=O) groups excluding carboxylic acids is 1. The second-order valence-corrected chi connectivity index (χ2v) is 5.11. The quantitative estimate of drug-likeness (QED) is 0.596. The van der Waals surface area contributed by atoms with Gasteiger partial charge in [-0.1, -0.05) is 13.8 Å². The molecule has 1 fully saturated rings. The van der Waals surface area contributed by atoms with Gasteiger partial charge in [0.2, 0.25) is 0 Å². The Morgan fingerprint density at radius 1 is 1.37 bits per heavy atom. The molecule has 0 aromatic carbocycles. The summed E-state index contributed by atoms with van der Waals surface area (Å²) in [5.74, 6) is -0.880. The number of rotatable bonds is 6. The van der Waals surface area contributed by atoms with E-state index in [2.05, 4.69) is 5.32 Å². The normalized spacial score (nSPS) is 23.9. The van der Waals surface area contributed by atoms with Crippen molar-refractivity contribution in [2.24, 2.45) is 11.3 Å². The lowest BCUT2D eigenvalue weighted by atomic mass is 9.86. The summed E-state index contributed by atoms with van der Waals surface area (Å²) in [6, 6.07) is 0. The third-order valence-corrected chi connectivity index (χ3v) is 3.00. The zero-order chi connectivity index (χ0) is 14.5. The van der Waals surface area contributed by atoms with Gasteiger partial charge in [0.15, 0.2) is 5.41 Å². The zero-order valence-corrected chi connectivity index (χ0v) is 11.2. The number of halogens is 3. The highest BCUT2D eigenvalue weighted by molar-refractivity contribution is 5.78. The summed E-state index contributed by atoms with van der Waals surface area (Å²) in [6.45, 7) is 4.11. The van der Waals surface area contributed by atoms with Crippen LogP contribution in [-0.4, -0.2) is 45.1 Å². The monoisotopic (exact) mass is 283 g/mol. The lowest BCUT2D eigenvalue weighted by molar-refractivity contribution is -0.229. The van der Waals surface area contributed by atoms with Gasteiger partial charge >= 0.3 is 12.1 Å². The smallest absolute Gasteiger partial charge is 0.406 e. The Hall–Kier alpha value is -0.820. The van der Waals surface area contributed by atoms with Gasteiger partial charge in [0.1, 0.15) is 6.61 Å². The van der Waals surface area contributed by atoms with Crippen LogP contribution in [0.2, 0.25) is 0 Å². The first kappa shape index (κ1) is 16.2. The Bertz CT molecular complexity index is 299. The predicted molar refractivity (Wildman–Crippen MR) is 62.6 cm³/mol. The highest BCUT2D eigenvalue weighted by atomic mass is 19.4. The molecule has 1 unspecified atom stereocenters. The summed E-state index contributed by atoms with van der Waals surface area (Å²) >= 11 is 0. The van der Waals surface area contributed by atoms with Gasteiger partial charge in [-0.05, 0) is 18.9 Å². The fourth-order valence-corrected chi connectivity index (χ4v) is 1.87. The first-order chi connectivity index (χ1) is 8.79. The number of alkyl halides is 3. The number of ether oxygens (including phenoxy) is 2. The Morgan fingerprint density at radius 2 is 2.05 bits per heavy atom. The van der Waals surface area contributed by atoms with E-state index in [-0.39, 0.29) is 26.2 Å². The molecule has 19 heavy (non-hydrogen) atoms. The molecular weight excluding hydrogens is 263 g/mol. The molecule has 1 heterocycles. The van der Waals surface area contributed by atoms with Crippen molar-refractivity contribution in [3.63, 3.8) is 0 Å². The number of hydrogen-bond donors (Lipinski definition) is 1. The molecule has 7 heteroatoms. The molecule has 0 aliphatic carbocycles. The first-order valence-electron chi connectivity index (χ1n) is 6.32. The van der Waals surface area contributed by atoms with Crippen LogP contribution in [0.5, 0.6) is 0 Å². The lowest BCUT2D eigenvalue weighted by Gasteiger charge is -2.28. The van der Waals surface area contributed by atoms with Gasteiger partial charge in [0.05, 0.1) is 6.61 Å². The summed E-state index contributed by atoms with van der Waals surface area (Å²) in [5.41, 5.74) is -2.40. The first-order valence-corrected chi connectivity index (χ1v) is 6.32. The van der Waals surface area contributed by atoms with Crippen LogP contribution in [0, 0.1) is 11.3 Å². The van der Waals surface area contributed by atoms with Gasteiger partial charge in [-0.25, -0.2) is 0 Å². The van der Waals surface area contributed by atoms with E-state index in [0.717, 1.165) is 0 Å². The largest absolute Gasteiger partial charge is 0.463 e. The molecule has 0 radical (unpaired) electrons. The van der Waals surface area contributed by atoms with Crippen LogP contribution in [-0.2, 0) is 14.3 Å². The van der Waals surface area contributed by atoms with Crippen LogP contribution in [0.25, 0.3) is 0 Å². The van der Waals surface area contributed by atoms with Crippen molar-refractivity contribution < 1.29 is 27.4 Å². The maximum Gasteiger partial charge on any atom is 0.406 e. The summed E-state index contributed by atoms with van der Waals surface area (Å²) in [7, 11) is 0. The topological polar surface area (TPSA) is 47.6 Å². The summed E-state index contributed by atoms with van der Waals surface area (Å²) in [5, 5.41) is 2.57. The van der Waals surface area contributed by atoms with Crippen LogP contribution in [0.3, 0.4) is 0 Å². The van der Waals surface area contributed by atoms with Crippen molar-refractivity contribution >= 4 is 5.97 Å². The Kier molecular flexibility index (Phi) is 5.61. The second-order valence-electron chi connectivity index (χ2n) is 5.11. The van der Waals surface area contributed by atoms with Gasteiger partial charge in [-0.3, -0.25) is 4.79 Å². The van der Waals surface area contributed by atoms with Gasteiger partial charge < -0.3 is 14.8 Å². The molecule has 1 rings (SSSR count). The second kappa shape index (κ2) is 6.56. The third-order valence-electron chi connectivity index (χ3n) is 3.00. The standard InChI is InChI=1S/C12H20F3NO3/c1-9(2)7-18-5-6-19-10(17)11(12(13,14)15)3-4-16-8-11/h9,16H,3-8H2,1-2H3. The lowest BCUT2D eigenvalue weighted by Crippen LogP contribution is -2.48. The zero-order valence-electron chi connectivity index (χ0n) is 11.2. The summed E-state index contributed by atoms with van der Waals surface area (Å²) in [6.07, 6.45) is -4.87. The van der Waals surface area contributed by atoms with Gasteiger partial charge in [0, 0.05) is 13.2 Å². The Balaban J connectivity index is 2.42. The molecule has 4 nitrogen and oxygen atoms in total. The number of carbonyl (C=O) groups is 1. The Labute approximate surface area is 110 Å². The van der Waals surface area contributed by atoms with Crippen molar-refractivity contribution in [1.82, 2.24) is 5.32 Å². The van der Waals surface area contributed by atoms with E-state index >= 15 is 0 Å².